The number of amides is 1. The zero-order chi connectivity index (χ0) is 19.6. The molecule has 0 aliphatic carbocycles. The fraction of sp³-hybridized carbons (Fsp3) is 0.111. The van der Waals surface area contributed by atoms with Crippen LogP contribution in [0.25, 0.3) is 10.1 Å². The molecular weight excluding hydrogens is 401 g/mol. The lowest BCUT2D eigenvalue weighted by Crippen LogP contribution is -2.19. The van der Waals surface area contributed by atoms with Crippen molar-refractivity contribution in [1.29, 1.82) is 5.26 Å². The lowest BCUT2D eigenvalue weighted by Gasteiger charge is -2.11. The van der Waals surface area contributed by atoms with Gasteiger partial charge in [-0.3, -0.25) is 4.79 Å². The van der Waals surface area contributed by atoms with Crippen LogP contribution in [0.15, 0.2) is 42.5 Å². The molecular formula is C18H10ClF3N2O2S. The Morgan fingerprint density at radius 3 is 2.67 bits per heavy atom. The van der Waals surface area contributed by atoms with Crippen molar-refractivity contribution in [1.82, 2.24) is 0 Å². The van der Waals surface area contributed by atoms with Crippen LogP contribution in [0, 0.1) is 11.3 Å². The van der Waals surface area contributed by atoms with Gasteiger partial charge in [-0.2, -0.15) is 18.4 Å². The third kappa shape index (κ3) is 4.32. The molecule has 1 N–H and O–H groups in total. The van der Waals surface area contributed by atoms with Crippen molar-refractivity contribution in [2.24, 2.45) is 0 Å². The van der Waals surface area contributed by atoms with E-state index in [2.05, 4.69) is 10.1 Å². The van der Waals surface area contributed by atoms with Crippen LogP contribution in [0.4, 0.5) is 18.9 Å². The number of nitrogens with one attached hydrogen (secondary N) is 1. The minimum Gasteiger partial charge on any atom is -0.483 e. The molecule has 3 aromatic rings. The van der Waals surface area contributed by atoms with Gasteiger partial charge in [0.25, 0.3) is 5.91 Å². The van der Waals surface area contributed by atoms with Crippen molar-refractivity contribution < 1.29 is 22.7 Å². The molecule has 4 nitrogen and oxygen atoms in total. The Hall–Kier alpha value is -2.76. The molecule has 0 aliphatic rings. The monoisotopic (exact) mass is 410 g/mol. The maximum atomic E-state index is 12.5. The highest BCUT2D eigenvalue weighted by Crippen LogP contribution is 2.35. The second-order valence-corrected chi connectivity index (χ2v) is 6.85. The maximum absolute atomic E-state index is 12.5. The van der Waals surface area contributed by atoms with Crippen LogP contribution in [0.5, 0.6) is 5.75 Å². The van der Waals surface area contributed by atoms with Gasteiger partial charge in [0.1, 0.15) is 16.7 Å². The van der Waals surface area contributed by atoms with Crippen molar-refractivity contribution in [3.05, 3.63) is 57.9 Å². The second-order valence-electron chi connectivity index (χ2n) is 5.42. The van der Waals surface area contributed by atoms with E-state index in [9.17, 15) is 18.0 Å². The van der Waals surface area contributed by atoms with E-state index in [1.807, 2.05) is 18.2 Å². The summed E-state index contributed by atoms with van der Waals surface area (Å²) in [5.41, 5.74) is 0.115. The number of halogens is 4. The number of carbonyl (C=O) groups excluding carboxylic acids is 1. The molecule has 1 aromatic heterocycles. The van der Waals surface area contributed by atoms with E-state index in [1.165, 1.54) is 29.5 Å². The molecule has 1 amide bonds. The van der Waals surface area contributed by atoms with Crippen LogP contribution in [-0.4, -0.2) is 18.7 Å². The minimum absolute atomic E-state index is 0.125. The number of hydrogen-bond donors (Lipinski definition) is 1. The van der Waals surface area contributed by atoms with Crippen molar-refractivity contribution >= 4 is 44.6 Å². The van der Waals surface area contributed by atoms with Crippen LogP contribution in [0.3, 0.4) is 0 Å². The molecule has 138 valence electrons. The topological polar surface area (TPSA) is 62.1 Å². The molecule has 2 aromatic carbocycles. The SMILES string of the molecule is N#Cc1cc(NC(=O)c2sc3ccccc3c2Cl)ccc1OCC(F)(F)F. The zero-order valence-electron chi connectivity index (χ0n) is 13.4. The number of nitriles is 1. The molecule has 0 spiro atoms. The lowest BCUT2D eigenvalue weighted by molar-refractivity contribution is -0.153. The van der Waals surface area contributed by atoms with E-state index in [0.29, 0.717) is 9.90 Å². The summed E-state index contributed by atoms with van der Waals surface area (Å²) in [5, 5.41) is 12.8. The summed E-state index contributed by atoms with van der Waals surface area (Å²) in [7, 11) is 0. The van der Waals surface area contributed by atoms with Gasteiger partial charge in [0.05, 0.1) is 10.6 Å². The van der Waals surface area contributed by atoms with Crippen molar-refractivity contribution in [2.75, 3.05) is 11.9 Å². The zero-order valence-corrected chi connectivity index (χ0v) is 15.0. The van der Waals surface area contributed by atoms with E-state index < -0.39 is 18.7 Å². The lowest BCUT2D eigenvalue weighted by atomic mass is 10.2. The minimum atomic E-state index is -4.52. The summed E-state index contributed by atoms with van der Waals surface area (Å²) >= 11 is 7.47. The van der Waals surface area contributed by atoms with Gasteiger partial charge in [0.15, 0.2) is 6.61 Å². The van der Waals surface area contributed by atoms with E-state index >= 15 is 0 Å². The standard InChI is InChI=1S/C18H10ClF3N2O2S/c19-15-12-3-1-2-4-14(12)27-16(15)17(25)24-11-5-6-13(10(7-11)8-23)26-9-18(20,21)22/h1-7H,9H2,(H,24,25). The first-order chi connectivity index (χ1) is 12.8. The number of carbonyl (C=O) groups is 1. The Balaban J connectivity index is 1.81. The fourth-order valence-electron chi connectivity index (χ4n) is 2.33. The van der Waals surface area contributed by atoms with Crippen molar-refractivity contribution in [2.45, 2.75) is 6.18 Å². The third-order valence-electron chi connectivity index (χ3n) is 3.49. The van der Waals surface area contributed by atoms with E-state index in [0.717, 1.165) is 10.1 Å². The molecule has 0 saturated heterocycles. The van der Waals surface area contributed by atoms with E-state index in [4.69, 9.17) is 16.9 Å². The Morgan fingerprint density at radius 1 is 1.26 bits per heavy atom. The van der Waals surface area contributed by atoms with Gasteiger partial charge in [-0.1, -0.05) is 29.8 Å². The second kappa shape index (κ2) is 7.47. The van der Waals surface area contributed by atoms with Gasteiger partial charge in [0.2, 0.25) is 0 Å². The van der Waals surface area contributed by atoms with Crippen molar-refractivity contribution in [3.8, 4) is 11.8 Å². The molecule has 0 unspecified atom stereocenters. The quantitative estimate of drug-likeness (QED) is 0.607. The number of benzene rings is 2. The van der Waals surface area contributed by atoms with Gasteiger partial charge in [-0.25, -0.2) is 0 Å². The smallest absolute Gasteiger partial charge is 0.422 e. The van der Waals surface area contributed by atoms with Gasteiger partial charge in [-0.15, -0.1) is 11.3 Å². The highest BCUT2D eigenvalue weighted by molar-refractivity contribution is 7.21. The average Bonchev–Trinajstić information content (AvgIpc) is 2.97. The number of alkyl halides is 3. The van der Waals surface area contributed by atoms with Gasteiger partial charge >= 0.3 is 6.18 Å². The number of nitrogens with zero attached hydrogens (tertiary/aromatic N) is 1. The summed E-state index contributed by atoms with van der Waals surface area (Å²) in [6.45, 7) is -1.51. The highest BCUT2D eigenvalue weighted by atomic mass is 35.5. The molecule has 3 rings (SSSR count). The first-order valence-electron chi connectivity index (χ1n) is 7.50. The van der Waals surface area contributed by atoms with E-state index in [-0.39, 0.29) is 17.0 Å². The third-order valence-corrected chi connectivity index (χ3v) is 5.16. The number of fused-ring (bicyclic) bond motifs is 1. The predicted molar refractivity (Wildman–Crippen MR) is 97.5 cm³/mol. The molecule has 0 aliphatic heterocycles. The van der Waals surface area contributed by atoms with Crippen LogP contribution in [-0.2, 0) is 0 Å². The summed E-state index contributed by atoms with van der Waals surface area (Å²) in [6, 6.07) is 12.8. The molecule has 0 bridgehead atoms. The fourth-order valence-corrected chi connectivity index (χ4v) is 3.74. The number of hydrogen-bond acceptors (Lipinski definition) is 4. The molecule has 9 heteroatoms. The van der Waals surface area contributed by atoms with Crippen LogP contribution >= 0.6 is 22.9 Å². The molecule has 1 heterocycles. The Morgan fingerprint density at radius 2 is 2.00 bits per heavy atom. The van der Waals surface area contributed by atoms with Crippen LogP contribution in [0.1, 0.15) is 15.2 Å². The molecule has 0 atom stereocenters. The predicted octanol–water partition coefficient (Wildman–Crippen LogP) is 5.62. The van der Waals surface area contributed by atoms with E-state index in [1.54, 1.807) is 12.1 Å². The largest absolute Gasteiger partial charge is 0.483 e. The van der Waals surface area contributed by atoms with Crippen LogP contribution in [0.2, 0.25) is 5.02 Å². The summed E-state index contributed by atoms with van der Waals surface area (Å²) in [5.74, 6) is -0.693. The maximum Gasteiger partial charge on any atom is 0.422 e. The summed E-state index contributed by atoms with van der Waals surface area (Å²) in [6.07, 6.45) is -4.52. The first kappa shape index (κ1) is 19.0. The molecule has 0 fully saturated rings. The van der Waals surface area contributed by atoms with Gasteiger partial charge in [0, 0.05) is 15.8 Å². The first-order valence-corrected chi connectivity index (χ1v) is 8.70. The van der Waals surface area contributed by atoms with Gasteiger partial charge < -0.3 is 10.1 Å². The molecule has 0 saturated carbocycles. The summed E-state index contributed by atoms with van der Waals surface area (Å²) < 4.78 is 42.3. The summed E-state index contributed by atoms with van der Waals surface area (Å²) in [4.78, 5) is 12.8. The number of ether oxygens (including phenoxy) is 1. The Bertz CT molecular complexity index is 1060. The number of thiophene rings is 1. The Labute approximate surface area is 160 Å². The average molecular weight is 411 g/mol. The van der Waals surface area contributed by atoms with Gasteiger partial charge in [-0.05, 0) is 24.3 Å². The molecule has 27 heavy (non-hydrogen) atoms. The highest BCUT2D eigenvalue weighted by Gasteiger charge is 2.29. The van der Waals surface area contributed by atoms with Crippen molar-refractivity contribution in [3.63, 3.8) is 0 Å². The number of rotatable bonds is 4. The normalized spacial score (nSPS) is 11.2. The van der Waals surface area contributed by atoms with Crippen LogP contribution < -0.4 is 10.1 Å². The molecule has 0 radical (unpaired) electrons. The number of anilines is 1. The Kier molecular flexibility index (Phi) is 5.26.